The molecule has 0 atom stereocenters. The molecule has 3 heterocycles. The van der Waals surface area contributed by atoms with E-state index in [2.05, 4.69) is 47.4 Å². The summed E-state index contributed by atoms with van der Waals surface area (Å²) in [5.74, 6) is 0.622. The van der Waals surface area contributed by atoms with Crippen molar-refractivity contribution in [1.29, 1.82) is 0 Å². The van der Waals surface area contributed by atoms with Gasteiger partial charge in [0.15, 0.2) is 11.0 Å². The fourth-order valence-electron chi connectivity index (χ4n) is 2.65. The molecule has 0 fully saturated rings. The number of carbonyl (C=O) groups excluding carboxylic acids is 2. The van der Waals surface area contributed by atoms with Gasteiger partial charge in [0.25, 0.3) is 0 Å². The summed E-state index contributed by atoms with van der Waals surface area (Å²) in [5.41, 5.74) is 1.35. The molecule has 1 amide bonds. The fourth-order valence-corrected chi connectivity index (χ4v) is 5.09. The number of nitrogens with zero attached hydrogens (tertiary/aromatic N) is 3. The number of aromatic nitrogens is 3. The van der Waals surface area contributed by atoms with Crippen molar-refractivity contribution in [2.75, 3.05) is 18.2 Å². The quantitative estimate of drug-likeness (QED) is 0.277. The maximum Gasteiger partial charge on any atom is 0.340 e. The third kappa shape index (κ3) is 5.00. The van der Waals surface area contributed by atoms with E-state index in [4.69, 9.17) is 4.74 Å². The van der Waals surface area contributed by atoms with Crippen LogP contribution in [0.2, 0.25) is 0 Å². The average Bonchev–Trinajstić information content (AvgIpc) is 3.45. The van der Waals surface area contributed by atoms with Crippen LogP contribution in [0, 0.1) is 0 Å². The lowest BCUT2D eigenvalue weighted by atomic mass is 10.1. The molecule has 0 aliphatic carbocycles. The lowest BCUT2D eigenvalue weighted by molar-refractivity contribution is -0.113. The lowest BCUT2D eigenvalue weighted by Gasteiger charge is -2.07. The first-order valence-electron chi connectivity index (χ1n) is 9.16. The summed E-state index contributed by atoms with van der Waals surface area (Å²) in [6.07, 6.45) is 1.78. The number of carbonyl (C=O) groups is 2. The number of rotatable bonds is 9. The Kier molecular flexibility index (Phi) is 7.46. The zero-order valence-corrected chi connectivity index (χ0v) is 19.3. The molecule has 7 nitrogen and oxygen atoms in total. The van der Waals surface area contributed by atoms with Gasteiger partial charge in [0.05, 0.1) is 18.4 Å². The predicted molar refractivity (Wildman–Crippen MR) is 123 cm³/mol. The molecule has 10 heteroatoms. The Morgan fingerprint density at radius 3 is 2.83 bits per heavy atom. The first-order valence-corrected chi connectivity index (χ1v) is 11.9. The molecule has 3 rings (SSSR count). The molecule has 30 heavy (non-hydrogen) atoms. The van der Waals surface area contributed by atoms with Gasteiger partial charge in [0.1, 0.15) is 5.00 Å². The van der Waals surface area contributed by atoms with Gasteiger partial charge in [-0.05, 0) is 23.4 Å². The number of esters is 1. The number of anilines is 1. The normalized spacial score (nSPS) is 10.9. The fraction of sp³-hybridized carbons (Fsp3) is 0.300. The van der Waals surface area contributed by atoms with Crippen LogP contribution in [0.4, 0.5) is 5.00 Å². The van der Waals surface area contributed by atoms with Crippen molar-refractivity contribution in [1.82, 2.24) is 14.8 Å². The van der Waals surface area contributed by atoms with E-state index in [0.29, 0.717) is 28.2 Å². The highest BCUT2D eigenvalue weighted by Crippen LogP contribution is 2.31. The van der Waals surface area contributed by atoms with Crippen molar-refractivity contribution in [3.8, 4) is 11.4 Å². The first kappa shape index (κ1) is 22.3. The van der Waals surface area contributed by atoms with Gasteiger partial charge in [-0.3, -0.25) is 9.36 Å². The summed E-state index contributed by atoms with van der Waals surface area (Å²) in [6, 6.07) is 3.75. The molecule has 3 aromatic heterocycles. The second kappa shape index (κ2) is 10.1. The largest absolute Gasteiger partial charge is 0.465 e. The Morgan fingerprint density at radius 1 is 1.37 bits per heavy atom. The van der Waals surface area contributed by atoms with Crippen LogP contribution in [0.15, 0.2) is 40.7 Å². The van der Waals surface area contributed by atoms with E-state index >= 15 is 0 Å². The Morgan fingerprint density at radius 2 is 2.17 bits per heavy atom. The van der Waals surface area contributed by atoms with E-state index in [1.165, 1.54) is 35.1 Å². The Bertz CT molecular complexity index is 1050. The van der Waals surface area contributed by atoms with Crippen LogP contribution >= 0.6 is 34.4 Å². The molecule has 3 aromatic rings. The number of allylic oxidation sites excluding steroid dienone is 1. The summed E-state index contributed by atoms with van der Waals surface area (Å²) >= 11 is 4.26. The molecule has 0 aromatic carbocycles. The van der Waals surface area contributed by atoms with Crippen molar-refractivity contribution in [3.05, 3.63) is 46.0 Å². The number of methoxy groups -OCH3 is 1. The Labute approximate surface area is 187 Å². The molecule has 0 aliphatic heterocycles. The molecule has 0 bridgehead atoms. The highest BCUT2D eigenvalue weighted by molar-refractivity contribution is 7.99. The number of thioether (sulfide) groups is 1. The smallest absolute Gasteiger partial charge is 0.340 e. The van der Waals surface area contributed by atoms with E-state index in [9.17, 15) is 9.59 Å². The first-order chi connectivity index (χ1) is 14.4. The van der Waals surface area contributed by atoms with E-state index in [1.807, 2.05) is 4.57 Å². The van der Waals surface area contributed by atoms with Gasteiger partial charge in [-0.2, -0.15) is 0 Å². The molecule has 1 N–H and O–H groups in total. The molecule has 0 radical (unpaired) electrons. The molecule has 0 saturated carbocycles. The van der Waals surface area contributed by atoms with Crippen LogP contribution in [-0.4, -0.2) is 39.5 Å². The molecular formula is C20H22N4O3S3. The zero-order valence-electron chi connectivity index (χ0n) is 16.9. The van der Waals surface area contributed by atoms with Crippen LogP contribution in [-0.2, 0) is 16.1 Å². The molecule has 0 saturated heterocycles. The number of hydrogen-bond acceptors (Lipinski definition) is 8. The van der Waals surface area contributed by atoms with Gasteiger partial charge in [0, 0.05) is 22.4 Å². The van der Waals surface area contributed by atoms with Crippen LogP contribution in [0.5, 0.6) is 0 Å². The van der Waals surface area contributed by atoms with E-state index in [1.54, 1.807) is 28.9 Å². The third-order valence-electron chi connectivity index (χ3n) is 4.13. The van der Waals surface area contributed by atoms with Crippen molar-refractivity contribution >= 4 is 51.3 Å². The van der Waals surface area contributed by atoms with Crippen molar-refractivity contribution in [2.24, 2.45) is 0 Å². The van der Waals surface area contributed by atoms with Crippen LogP contribution in [0.3, 0.4) is 0 Å². The monoisotopic (exact) mass is 462 g/mol. The highest BCUT2D eigenvalue weighted by Gasteiger charge is 2.19. The van der Waals surface area contributed by atoms with Gasteiger partial charge < -0.3 is 10.1 Å². The lowest BCUT2D eigenvalue weighted by Crippen LogP contribution is -2.16. The van der Waals surface area contributed by atoms with Crippen LogP contribution in [0.25, 0.3) is 11.4 Å². The van der Waals surface area contributed by atoms with Crippen LogP contribution in [0.1, 0.15) is 35.0 Å². The maximum atomic E-state index is 12.4. The number of hydrogen-bond donors (Lipinski definition) is 1. The summed E-state index contributed by atoms with van der Waals surface area (Å²) in [5, 5.41) is 16.3. The van der Waals surface area contributed by atoms with Crippen molar-refractivity contribution < 1.29 is 14.3 Å². The molecule has 0 aliphatic rings. The van der Waals surface area contributed by atoms with Gasteiger partial charge in [-0.1, -0.05) is 31.7 Å². The molecule has 158 valence electrons. The summed E-state index contributed by atoms with van der Waals surface area (Å²) < 4.78 is 6.68. The topological polar surface area (TPSA) is 86.1 Å². The standard InChI is InChI=1S/C20H22N4O3S3/c1-5-7-24-17(13-9-15(12(2)3)29-10-13)22-23-20(24)30-11-16(25)21-18-14(6-8-28-18)19(26)27-4/h5-6,8-10,12H,1,7,11H2,2-4H3,(H,21,25). The average molecular weight is 463 g/mol. The number of nitrogens with one attached hydrogen (secondary N) is 1. The molecular weight excluding hydrogens is 440 g/mol. The van der Waals surface area contributed by atoms with Gasteiger partial charge in [0.2, 0.25) is 5.91 Å². The maximum absolute atomic E-state index is 12.4. The van der Waals surface area contributed by atoms with E-state index in [-0.39, 0.29) is 11.7 Å². The second-order valence-electron chi connectivity index (χ2n) is 6.59. The highest BCUT2D eigenvalue weighted by atomic mass is 32.2. The SMILES string of the molecule is C=CCn1c(SCC(=O)Nc2sccc2C(=O)OC)nnc1-c1csc(C(C)C)c1. The summed E-state index contributed by atoms with van der Waals surface area (Å²) in [7, 11) is 1.31. The van der Waals surface area contributed by atoms with Gasteiger partial charge >= 0.3 is 5.97 Å². The second-order valence-corrected chi connectivity index (χ2v) is 9.39. The van der Waals surface area contributed by atoms with Gasteiger partial charge in [-0.25, -0.2) is 4.79 Å². The zero-order chi connectivity index (χ0) is 21.7. The minimum Gasteiger partial charge on any atom is -0.465 e. The molecule has 0 unspecified atom stereocenters. The molecule has 0 spiro atoms. The van der Waals surface area contributed by atoms with E-state index < -0.39 is 5.97 Å². The predicted octanol–water partition coefficient (Wildman–Crippen LogP) is 4.89. The van der Waals surface area contributed by atoms with Crippen LogP contribution < -0.4 is 5.32 Å². The Hall–Kier alpha value is -2.43. The number of ether oxygens (including phenoxy) is 1. The van der Waals surface area contributed by atoms with Gasteiger partial charge in [-0.15, -0.1) is 39.4 Å². The van der Waals surface area contributed by atoms with Crippen molar-refractivity contribution in [2.45, 2.75) is 31.5 Å². The summed E-state index contributed by atoms with van der Waals surface area (Å²) in [4.78, 5) is 25.5. The van der Waals surface area contributed by atoms with Crippen molar-refractivity contribution in [3.63, 3.8) is 0 Å². The summed E-state index contributed by atoms with van der Waals surface area (Å²) in [6.45, 7) is 8.67. The minimum atomic E-state index is -0.480. The van der Waals surface area contributed by atoms with E-state index in [0.717, 1.165) is 11.4 Å². The minimum absolute atomic E-state index is 0.134. The number of thiophene rings is 2. The number of amides is 1. The third-order valence-corrected chi connectivity index (χ3v) is 7.16. The Balaban J connectivity index is 1.71.